The highest BCUT2D eigenvalue weighted by molar-refractivity contribution is 5.37. The molecular weight excluding hydrogens is 260 g/mol. The van der Waals surface area contributed by atoms with E-state index in [4.69, 9.17) is 0 Å². The van der Waals surface area contributed by atoms with E-state index in [1.165, 1.54) is 30.6 Å². The largest absolute Gasteiger partial charge is 0.365 e. The van der Waals surface area contributed by atoms with Crippen molar-refractivity contribution in [3.63, 3.8) is 0 Å². The Morgan fingerprint density at radius 2 is 2.10 bits per heavy atom. The Labute approximate surface area is 126 Å². The van der Waals surface area contributed by atoms with Gasteiger partial charge in [-0.3, -0.25) is 9.58 Å². The quantitative estimate of drug-likeness (QED) is 0.937. The van der Waals surface area contributed by atoms with Crippen molar-refractivity contribution >= 4 is 5.82 Å². The van der Waals surface area contributed by atoms with Crippen LogP contribution in [0.25, 0.3) is 0 Å². The fourth-order valence-corrected chi connectivity index (χ4v) is 3.00. The summed E-state index contributed by atoms with van der Waals surface area (Å²) in [6, 6.07) is 13.3. The lowest BCUT2D eigenvalue weighted by molar-refractivity contribution is 0.208. The molecule has 4 nitrogen and oxygen atoms in total. The van der Waals surface area contributed by atoms with Gasteiger partial charge < -0.3 is 5.32 Å². The van der Waals surface area contributed by atoms with Crippen LogP contribution in [0.3, 0.4) is 0 Å². The minimum Gasteiger partial charge on any atom is -0.365 e. The molecule has 4 heteroatoms. The zero-order valence-electron chi connectivity index (χ0n) is 12.9. The summed E-state index contributed by atoms with van der Waals surface area (Å²) in [5, 5.41) is 8.09. The predicted octanol–water partition coefficient (Wildman–Crippen LogP) is 2.81. The van der Waals surface area contributed by atoms with Crippen LogP contribution in [0.15, 0.2) is 36.4 Å². The maximum absolute atomic E-state index is 4.50. The maximum Gasteiger partial charge on any atom is 0.148 e. The first-order valence-electron chi connectivity index (χ1n) is 7.74. The summed E-state index contributed by atoms with van der Waals surface area (Å²) in [7, 11) is 1.99. The molecule has 1 fully saturated rings. The number of aromatic nitrogens is 2. The molecule has 1 saturated heterocycles. The average molecular weight is 284 g/mol. The maximum atomic E-state index is 4.50. The molecule has 0 spiro atoms. The second-order valence-corrected chi connectivity index (χ2v) is 6.00. The molecule has 0 bridgehead atoms. The van der Waals surface area contributed by atoms with Gasteiger partial charge in [0.1, 0.15) is 5.82 Å². The molecule has 3 rings (SSSR count). The lowest BCUT2D eigenvalue weighted by Crippen LogP contribution is -2.41. The second-order valence-electron chi connectivity index (χ2n) is 6.00. The van der Waals surface area contributed by atoms with Gasteiger partial charge >= 0.3 is 0 Å². The number of aryl methyl sites for hydroxylation is 2. The molecule has 0 radical (unpaired) electrons. The molecule has 1 unspecified atom stereocenters. The van der Waals surface area contributed by atoms with Gasteiger partial charge in [0.05, 0.1) is 0 Å². The van der Waals surface area contributed by atoms with E-state index in [-0.39, 0.29) is 0 Å². The summed E-state index contributed by atoms with van der Waals surface area (Å²) in [5.74, 6) is 1.00. The van der Waals surface area contributed by atoms with Crippen molar-refractivity contribution in [2.24, 2.45) is 7.05 Å². The zero-order chi connectivity index (χ0) is 14.7. The minimum atomic E-state index is 0.497. The van der Waals surface area contributed by atoms with Crippen LogP contribution in [-0.4, -0.2) is 33.8 Å². The first-order valence-corrected chi connectivity index (χ1v) is 7.74. The van der Waals surface area contributed by atoms with Crippen LogP contribution in [0, 0.1) is 6.92 Å². The standard InChI is InChI=1S/C17H24N4/c1-14-11-17(19-20(14)2)18-16-9-6-10-21(13-16)12-15-7-4-3-5-8-15/h3-5,7-8,11,16H,6,9-10,12-13H2,1-2H3,(H,18,19). The first kappa shape index (κ1) is 14.1. The summed E-state index contributed by atoms with van der Waals surface area (Å²) in [4.78, 5) is 2.53. The molecule has 1 N–H and O–H groups in total. The Balaban J connectivity index is 1.58. The lowest BCUT2D eigenvalue weighted by Gasteiger charge is -2.33. The highest BCUT2D eigenvalue weighted by atomic mass is 15.3. The number of benzene rings is 1. The molecule has 21 heavy (non-hydrogen) atoms. The number of rotatable bonds is 4. The lowest BCUT2D eigenvalue weighted by atomic mass is 10.0. The smallest absolute Gasteiger partial charge is 0.148 e. The number of likely N-dealkylation sites (tertiary alicyclic amines) is 1. The normalized spacial score (nSPS) is 19.6. The van der Waals surface area contributed by atoms with E-state index in [0.717, 1.165) is 18.9 Å². The van der Waals surface area contributed by atoms with Gasteiger partial charge in [-0.05, 0) is 31.9 Å². The van der Waals surface area contributed by atoms with E-state index in [1.54, 1.807) is 0 Å². The van der Waals surface area contributed by atoms with E-state index < -0.39 is 0 Å². The molecule has 1 aromatic carbocycles. The Bertz CT molecular complexity index is 556. The number of anilines is 1. The summed E-state index contributed by atoms with van der Waals surface area (Å²) < 4.78 is 1.92. The van der Waals surface area contributed by atoms with Gasteiger partial charge in [0.15, 0.2) is 0 Å². The van der Waals surface area contributed by atoms with Crippen molar-refractivity contribution in [3.05, 3.63) is 47.7 Å². The van der Waals surface area contributed by atoms with Gasteiger partial charge in [-0.1, -0.05) is 30.3 Å². The van der Waals surface area contributed by atoms with E-state index in [2.05, 4.69) is 58.6 Å². The fraction of sp³-hybridized carbons (Fsp3) is 0.471. The SMILES string of the molecule is Cc1cc(NC2CCCN(Cc3ccccc3)C2)nn1C. The number of piperidine rings is 1. The monoisotopic (exact) mass is 284 g/mol. The molecule has 2 heterocycles. The van der Waals surface area contributed by atoms with E-state index in [1.807, 2.05) is 11.7 Å². The topological polar surface area (TPSA) is 33.1 Å². The average Bonchev–Trinajstić information content (AvgIpc) is 2.78. The third-order valence-electron chi connectivity index (χ3n) is 4.22. The number of hydrogen-bond acceptors (Lipinski definition) is 3. The number of nitrogens with one attached hydrogen (secondary N) is 1. The van der Waals surface area contributed by atoms with Gasteiger partial charge in [-0.2, -0.15) is 5.10 Å². The van der Waals surface area contributed by atoms with E-state index in [0.29, 0.717) is 6.04 Å². The minimum absolute atomic E-state index is 0.497. The Kier molecular flexibility index (Phi) is 4.25. The fourth-order valence-electron chi connectivity index (χ4n) is 3.00. The molecule has 0 saturated carbocycles. The van der Waals surface area contributed by atoms with E-state index >= 15 is 0 Å². The van der Waals surface area contributed by atoms with Crippen LogP contribution in [0.5, 0.6) is 0 Å². The Hall–Kier alpha value is -1.81. The highest BCUT2D eigenvalue weighted by Crippen LogP contribution is 2.17. The van der Waals surface area contributed by atoms with Crippen molar-refractivity contribution < 1.29 is 0 Å². The van der Waals surface area contributed by atoms with Crippen LogP contribution in [-0.2, 0) is 13.6 Å². The molecule has 1 aliphatic rings. The molecule has 1 atom stereocenters. The molecule has 2 aromatic rings. The molecule has 1 aromatic heterocycles. The van der Waals surface area contributed by atoms with Crippen molar-refractivity contribution in [1.82, 2.24) is 14.7 Å². The van der Waals surface area contributed by atoms with Gasteiger partial charge in [0.25, 0.3) is 0 Å². The zero-order valence-corrected chi connectivity index (χ0v) is 12.9. The first-order chi connectivity index (χ1) is 10.2. The van der Waals surface area contributed by atoms with Crippen LogP contribution in [0.4, 0.5) is 5.82 Å². The van der Waals surface area contributed by atoms with Crippen LogP contribution >= 0.6 is 0 Å². The third kappa shape index (κ3) is 3.64. The van der Waals surface area contributed by atoms with E-state index in [9.17, 15) is 0 Å². The number of nitrogens with zero attached hydrogens (tertiary/aromatic N) is 3. The molecule has 0 aliphatic carbocycles. The van der Waals surface area contributed by atoms with Crippen molar-refractivity contribution in [3.8, 4) is 0 Å². The summed E-state index contributed by atoms with van der Waals surface area (Å²) in [6.45, 7) is 5.40. The summed E-state index contributed by atoms with van der Waals surface area (Å²) in [6.07, 6.45) is 2.47. The summed E-state index contributed by atoms with van der Waals surface area (Å²) in [5.41, 5.74) is 2.58. The van der Waals surface area contributed by atoms with Gasteiger partial charge in [0.2, 0.25) is 0 Å². The number of hydrogen-bond donors (Lipinski definition) is 1. The molecule has 1 aliphatic heterocycles. The van der Waals surface area contributed by atoms with Crippen LogP contribution in [0.1, 0.15) is 24.1 Å². The van der Waals surface area contributed by atoms with Gasteiger partial charge in [-0.25, -0.2) is 0 Å². The highest BCUT2D eigenvalue weighted by Gasteiger charge is 2.20. The third-order valence-corrected chi connectivity index (χ3v) is 4.22. The molecule has 0 amide bonds. The van der Waals surface area contributed by atoms with Crippen molar-refractivity contribution in [2.45, 2.75) is 32.4 Å². The van der Waals surface area contributed by atoms with Gasteiger partial charge in [-0.15, -0.1) is 0 Å². The summed E-state index contributed by atoms with van der Waals surface area (Å²) >= 11 is 0. The molecule has 112 valence electrons. The van der Waals surface area contributed by atoms with Crippen LogP contribution < -0.4 is 5.32 Å². The Morgan fingerprint density at radius 1 is 1.29 bits per heavy atom. The van der Waals surface area contributed by atoms with Gasteiger partial charge in [0, 0.05) is 37.9 Å². The van der Waals surface area contributed by atoms with Crippen molar-refractivity contribution in [2.75, 3.05) is 18.4 Å². The molecular formula is C17H24N4. The second kappa shape index (κ2) is 6.31. The van der Waals surface area contributed by atoms with Crippen LogP contribution in [0.2, 0.25) is 0 Å². The predicted molar refractivity (Wildman–Crippen MR) is 86.3 cm³/mol. The Morgan fingerprint density at radius 3 is 2.81 bits per heavy atom. The van der Waals surface area contributed by atoms with Crippen molar-refractivity contribution in [1.29, 1.82) is 0 Å².